The van der Waals surface area contributed by atoms with Crippen molar-refractivity contribution in [2.24, 2.45) is 0 Å². The number of amides is 4. The van der Waals surface area contributed by atoms with Gasteiger partial charge in [-0.05, 0) is 57.7 Å². The van der Waals surface area contributed by atoms with E-state index in [9.17, 15) is 24.0 Å². The quantitative estimate of drug-likeness (QED) is 0.407. The van der Waals surface area contributed by atoms with Crippen LogP contribution in [0.3, 0.4) is 0 Å². The Morgan fingerprint density at radius 3 is 2.10 bits per heavy atom. The van der Waals surface area contributed by atoms with E-state index in [2.05, 4.69) is 0 Å². The Bertz CT molecular complexity index is 1240. The SMILES string of the molecule is CC[C@H](C(=O)N1[C@H](C(=O)OC(C)(C)C)CCCN1C(=O)OCc1ccccc1)N1C(=O)c2ccccc2C1=O. The normalized spacial score (nSPS) is 18.1. The number of imide groups is 1. The number of esters is 1. The molecule has 0 aromatic heterocycles. The number of hydrogen-bond acceptors (Lipinski definition) is 7. The molecule has 0 spiro atoms. The van der Waals surface area contributed by atoms with Gasteiger partial charge in [-0.15, -0.1) is 0 Å². The predicted octanol–water partition coefficient (Wildman–Crippen LogP) is 3.95. The zero-order valence-corrected chi connectivity index (χ0v) is 22.6. The number of carbonyl (C=O) groups is 5. The van der Waals surface area contributed by atoms with Gasteiger partial charge in [-0.1, -0.05) is 49.4 Å². The molecule has 10 nitrogen and oxygen atoms in total. The van der Waals surface area contributed by atoms with Gasteiger partial charge in [-0.3, -0.25) is 19.3 Å². The van der Waals surface area contributed by atoms with Gasteiger partial charge in [0.25, 0.3) is 17.7 Å². The van der Waals surface area contributed by atoms with Crippen LogP contribution in [0.15, 0.2) is 54.6 Å². The third-order valence-corrected chi connectivity index (χ3v) is 6.53. The van der Waals surface area contributed by atoms with Gasteiger partial charge in [0.2, 0.25) is 0 Å². The second kappa shape index (κ2) is 11.3. The monoisotopic (exact) mass is 535 g/mol. The van der Waals surface area contributed by atoms with Crippen LogP contribution in [0.25, 0.3) is 0 Å². The van der Waals surface area contributed by atoms with E-state index in [0.29, 0.717) is 6.42 Å². The molecule has 1 saturated heterocycles. The summed E-state index contributed by atoms with van der Waals surface area (Å²) >= 11 is 0. The lowest BCUT2D eigenvalue weighted by Gasteiger charge is -2.44. The van der Waals surface area contributed by atoms with Crippen molar-refractivity contribution in [2.45, 2.75) is 71.2 Å². The number of hydrogen-bond donors (Lipinski definition) is 0. The van der Waals surface area contributed by atoms with E-state index in [0.717, 1.165) is 20.5 Å². The van der Waals surface area contributed by atoms with E-state index >= 15 is 0 Å². The summed E-state index contributed by atoms with van der Waals surface area (Å²) in [5.41, 5.74) is 0.321. The molecule has 1 fully saturated rings. The number of carbonyl (C=O) groups excluding carboxylic acids is 5. The van der Waals surface area contributed by atoms with Crippen molar-refractivity contribution in [3.63, 3.8) is 0 Å². The summed E-state index contributed by atoms with van der Waals surface area (Å²) in [5, 5.41) is 2.12. The lowest BCUT2D eigenvalue weighted by Crippen LogP contribution is -2.64. The Morgan fingerprint density at radius 1 is 0.949 bits per heavy atom. The first-order valence-electron chi connectivity index (χ1n) is 13.0. The van der Waals surface area contributed by atoms with Gasteiger partial charge in [-0.25, -0.2) is 19.6 Å². The van der Waals surface area contributed by atoms with Crippen LogP contribution in [0.2, 0.25) is 0 Å². The highest BCUT2D eigenvalue weighted by molar-refractivity contribution is 6.22. The third kappa shape index (κ3) is 5.79. The van der Waals surface area contributed by atoms with Crippen LogP contribution in [0, 0.1) is 0 Å². The molecule has 0 unspecified atom stereocenters. The molecular weight excluding hydrogens is 502 g/mol. The molecule has 2 aromatic rings. The van der Waals surface area contributed by atoms with E-state index in [-0.39, 0.29) is 37.1 Å². The topological polar surface area (TPSA) is 114 Å². The predicted molar refractivity (Wildman–Crippen MR) is 140 cm³/mol. The first-order chi connectivity index (χ1) is 18.5. The summed E-state index contributed by atoms with van der Waals surface area (Å²) in [7, 11) is 0. The molecule has 2 aliphatic heterocycles. The lowest BCUT2D eigenvalue weighted by atomic mass is 10.0. The van der Waals surface area contributed by atoms with Crippen LogP contribution >= 0.6 is 0 Å². The number of benzene rings is 2. The molecule has 2 heterocycles. The van der Waals surface area contributed by atoms with Crippen LogP contribution in [0.1, 0.15) is 73.2 Å². The van der Waals surface area contributed by atoms with E-state index < -0.39 is 47.5 Å². The number of rotatable bonds is 6. The van der Waals surface area contributed by atoms with Crippen molar-refractivity contribution in [1.82, 2.24) is 14.9 Å². The minimum absolute atomic E-state index is 0.0368. The van der Waals surface area contributed by atoms with Crippen molar-refractivity contribution in [3.8, 4) is 0 Å². The first-order valence-corrected chi connectivity index (χ1v) is 13.0. The molecule has 2 aliphatic rings. The fraction of sp³-hybridized carbons (Fsp3) is 0.414. The van der Waals surface area contributed by atoms with Crippen molar-refractivity contribution in [1.29, 1.82) is 0 Å². The first kappa shape index (κ1) is 27.8. The zero-order chi connectivity index (χ0) is 28.3. The van der Waals surface area contributed by atoms with Crippen molar-refractivity contribution < 1.29 is 33.4 Å². The Balaban J connectivity index is 1.66. The molecule has 0 N–H and O–H groups in total. The zero-order valence-electron chi connectivity index (χ0n) is 22.6. The maximum atomic E-state index is 14.2. The van der Waals surface area contributed by atoms with Crippen molar-refractivity contribution >= 4 is 29.8 Å². The van der Waals surface area contributed by atoms with Crippen molar-refractivity contribution in [3.05, 3.63) is 71.3 Å². The highest BCUT2D eigenvalue weighted by Crippen LogP contribution is 2.30. The number of nitrogens with zero attached hydrogens (tertiary/aromatic N) is 3. The number of hydrazine groups is 1. The molecule has 4 rings (SSSR count). The molecule has 0 bridgehead atoms. The molecule has 0 saturated carbocycles. The second-order valence-electron chi connectivity index (χ2n) is 10.5. The second-order valence-corrected chi connectivity index (χ2v) is 10.5. The fourth-order valence-electron chi connectivity index (χ4n) is 4.78. The van der Waals surface area contributed by atoms with Gasteiger partial charge in [0.15, 0.2) is 6.04 Å². The molecule has 10 heteroatoms. The van der Waals surface area contributed by atoms with Gasteiger partial charge in [0.05, 0.1) is 11.1 Å². The summed E-state index contributed by atoms with van der Waals surface area (Å²) in [6.07, 6.45) is -0.0911. The maximum Gasteiger partial charge on any atom is 0.429 e. The average Bonchev–Trinajstić information content (AvgIpc) is 3.16. The Kier molecular flexibility index (Phi) is 8.03. The summed E-state index contributed by atoms with van der Waals surface area (Å²) in [6, 6.07) is 13.0. The van der Waals surface area contributed by atoms with Gasteiger partial charge >= 0.3 is 12.1 Å². The average molecular weight is 536 g/mol. The Labute approximate surface area is 227 Å². The van der Waals surface area contributed by atoms with Crippen LogP contribution in [0.5, 0.6) is 0 Å². The summed E-state index contributed by atoms with van der Waals surface area (Å²) < 4.78 is 11.1. The van der Waals surface area contributed by atoms with Gasteiger partial charge in [0.1, 0.15) is 18.2 Å². The minimum Gasteiger partial charge on any atom is -0.458 e. The molecular formula is C29H33N3O7. The Morgan fingerprint density at radius 2 is 1.54 bits per heavy atom. The largest absolute Gasteiger partial charge is 0.458 e. The maximum absolute atomic E-state index is 14.2. The van der Waals surface area contributed by atoms with Crippen LogP contribution in [-0.4, -0.2) is 68.9 Å². The van der Waals surface area contributed by atoms with E-state index in [1.807, 2.05) is 18.2 Å². The van der Waals surface area contributed by atoms with Gasteiger partial charge in [0, 0.05) is 6.54 Å². The van der Waals surface area contributed by atoms with Crippen LogP contribution in [0.4, 0.5) is 4.79 Å². The summed E-state index contributed by atoms with van der Waals surface area (Å²) in [6.45, 7) is 6.86. The minimum atomic E-state index is -1.25. The fourth-order valence-corrected chi connectivity index (χ4v) is 4.78. The standard InChI is InChI=1S/C29H33N3O7/c1-5-22(31-24(33)20-14-9-10-15-21(20)25(31)34)26(35)32-23(27(36)39-29(2,3)4)16-11-17-30(32)28(37)38-18-19-12-7-6-8-13-19/h6-10,12-15,22-23H,5,11,16-18H2,1-4H3/t22-,23+/m1/s1. The smallest absolute Gasteiger partial charge is 0.429 e. The van der Waals surface area contributed by atoms with Crippen molar-refractivity contribution in [2.75, 3.05) is 6.54 Å². The molecule has 4 amide bonds. The van der Waals surface area contributed by atoms with Crippen LogP contribution in [-0.2, 0) is 25.7 Å². The van der Waals surface area contributed by atoms with E-state index in [4.69, 9.17) is 9.47 Å². The molecule has 2 atom stereocenters. The van der Waals surface area contributed by atoms with Gasteiger partial charge in [-0.2, -0.15) is 0 Å². The summed E-state index contributed by atoms with van der Waals surface area (Å²) in [5.74, 6) is -2.62. The van der Waals surface area contributed by atoms with Gasteiger partial charge < -0.3 is 9.47 Å². The third-order valence-electron chi connectivity index (χ3n) is 6.53. The number of ether oxygens (including phenoxy) is 2. The highest BCUT2D eigenvalue weighted by atomic mass is 16.6. The molecule has 0 radical (unpaired) electrons. The Hall–Kier alpha value is -4.21. The summed E-state index contributed by atoms with van der Waals surface area (Å²) in [4.78, 5) is 68.1. The highest BCUT2D eigenvalue weighted by Gasteiger charge is 2.49. The lowest BCUT2D eigenvalue weighted by molar-refractivity contribution is -0.182. The molecule has 0 aliphatic carbocycles. The van der Waals surface area contributed by atoms with E-state index in [1.54, 1.807) is 52.0 Å². The van der Waals surface area contributed by atoms with Crippen LogP contribution < -0.4 is 0 Å². The van der Waals surface area contributed by atoms with E-state index in [1.165, 1.54) is 12.1 Å². The molecule has 39 heavy (non-hydrogen) atoms. The number of fused-ring (bicyclic) bond motifs is 1. The molecule has 2 aromatic carbocycles. The molecule has 206 valence electrons.